The van der Waals surface area contributed by atoms with E-state index in [1.54, 1.807) is 18.7 Å². The van der Waals surface area contributed by atoms with E-state index in [-0.39, 0.29) is 37.2 Å². The van der Waals surface area contributed by atoms with E-state index >= 15 is 0 Å². The van der Waals surface area contributed by atoms with Crippen molar-refractivity contribution in [3.8, 4) is 0 Å². The van der Waals surface area contributed by atoms with Gasteiger partial charge < -0.3 is 10.6 Å². The summed E-state index contributed by atoms with van der Waals surface area (Å²) in [7, 11) is -3.15. The molecule has 1 atom stereocenters. The largest absolute Gasteiger partial charge is 0.339 e. The Morgan fingerprint density at radius 1 is 1.32 bits per heavy atom. The number of carbonyl (C=O) groups is 1. The van der Waals surface area contributed by atoms with Crippen LogP contribution in [0.25, 0.3) is 0 Å². The first-order valence-electron chi connectivity index (χ1n) is 7.03. The smallest absolute Gasteiger partial charge is 0.239 e. The molecule has 1 amide bonds. The molecular formula is C15H23ClN2O3S. The van der Waals surface area contributed by atoms with Crippen LogP contribution in [0.4, 0.5) is 0 Å². The predicted octanol–water partition coefficient (Wildman–Crippen LogP) is 1.01. The minimum atomic E-state index is -3.15. The van der Waals surface area contributed by atoms with Gasteiger partial charge in [0.2, 0.25) is 5.91 Å². The number of hydrogen-bond acceptors (Lipinski definition) is 4. The van der Waals surface area contributed by atoms with E-state index in [1.165, 1.54) is 0 Å². The summed E-state index contributed by atoms with van der Waals surface area (Å²) in [6.07, 6.45) is 0.462. The zero-order chi connectivity index (χ0) is 15.7. The minimum absolute atomic E-state index is 0. The van der Waals surface area contributed by atoms with Crippen LogP contribution >= 0.6 is 12.4 Å². The topological polar surface area (TPSA) is 80.5 Å². The molecule has 1 saturated heterocycles. The van der Waals surface area contributed by atoms with Gasteiger partial charge in [-0.25, -0.2) is 8.42 Å². The maximum atomic E-state index is 12.4. The lowest BCUT2D eigenvalue weighted by atomic mass is 10.0. The fraction of sp³-hybridized carbons (Fsp3) is 0.533. The van der Waals surface area contributed by atoms with Crippen molar-refractivity contribution in [2.75, 3.05) is 18.8 Å². The number of sulfone groups is 1. The summed E-state index contributed by atoms with van der Waals surface area (Å²) in [6.45, 7) is 3.75. The Balaban J connectivity index is 0.00000242. The average molecular weight is 347 g/mol. The Bertz CT molecular complexity index is 617. The fourth-order valence-corrected chi connectivity index (χ4v) is 3.89. The van der Waals surface area contributed by atoms with E-state index in [9.17, 15) is 13.2 Å². The summed E-state index contributed by atoms with van der Waals surface area (Å²) in [5.74, 6) is -0.175. The van der Waals surface area contributed by atoms with Crippen molar-refractivity contribution in [3.05, 3.63) is 35.9 Å². The van der Waals surface area contributed by atoms with Crippen molar-refractivity contribution >= 4 is 28.2 Å². The summed E-state index contributed by atoms with van der Waals surface area (Å²) in [5.41, 5.74) is 7.00. The molecule has 1 heterocycles. The standard InChI is InChI=1S/C15H22N2O3S.ClH/c1-15(2)11-17(8-9-21(15,19)20)14(18)13(16)10-12-6-4-3-5-7-12;/h3-7,13H,8-11,16H2,1-2H3;1H/t13-;/m0./s1. The number of rotatable bonds is 3. The highest BCUT2D eigenvalue weighted by molar-refractivity contribution is 7.92. The van der Waals surface area contributed by atoms with Crippen molar-refractivity contribution in [1.29, 1.82) is 0 Å². The Hall–Kier alpha value is -1.11. The van der Waals surface area contributed by atoms with Crippen molar-refractivity contribution in [2.45, 2.75) is 31.1 Å². The first-order valence-corrected chi connectivity index (χ1v) is 8.69. The summed E-state index contributed by atoms with van der Waals surface area (Å²) in [6, 6.07) is 8.94. The second-order valence-electron chi connectivity index (χ2n) is 6.13. The highest BCUT2D eigenvalue weighted by Crippen LogP contribution is 2.24. The number of nitrogens with zero attached hydrogens (tertiary/aromatic N) is 1. The number of carbonyl (C=O) groups excluding carboxylic acids is 1. The van der Waals surface area contributed by atoms with Crippen LogP contribution in [-0.4, -0.2) is 48.9 Å². The van der Waals surface area contributed by atoms with Crippen molar-refractivity contribution in [2.24, 2.45) is 5.73 Å². The monoisotopic (exact) mass is 346 g/mol. The predicted molar refractivity (Wildman–Crippen MR) is 89.8 cm³/mol. The number of halogens is 1. The van der Waals surface area contributed by atoms with Gasteiger partial charge in [-0.2, -0.15) is 0 Å². The van der Waals surface area contributed by atoms with Gasteiger partial charge >= 0.3 is 0 Å². The third kappa shape index (κ3) is 4.00. The Kier molecular flexibility index (Phi) is 6.01. The molecule has 1 aliphatic heterocycles. The number of amides is 1. The molecule has 0 aliphatic carbocycles. The summed E-state index contributed by atoms with van der Waals surface area (Å²) in [4.78, 5) is 14.0. The molecule has 7 heteroatoms. The molecule has 0 spiro atoms. The van der Waals surface area contributed by atoms with Gasteiger partial charge in [0.15, 0.2) is 9.84 Å². The summed E-state index contributed by atoms with van der Waals surface area (Å²) >= 11 is 0. The van der Waals surface area contributed by atoms with Crippen LogP contribution < -0.4 is 5.73 Å². The SMILES string of the molecule is CC1(C)CN(C(=O)[C@@H](N)Cc2ccccc2)CCS1(=O)=O.Cl. The molecule has 5 nitrogen and oxygen atoms in total. The molecule has 2 rings (SSSR count). The maximum absolute atomic E-state index is 12.4. The van der Waals surface area contributed by atoms with E-state index in [2.05, 4.69) is 0 Å². The second kappa shape index (κ2) is 6.98. The zero-order valence-corrected chi connectivity index (χ0v) is 14.5. The molecule has 0 bridgehead atoms. The van der Waals surface area contributed by atoms with E-state index in [4.69, 9.17) is 5.73 Å². The lowest BCUT2D eigenvalue weighted by Gasteiger charge is -2.38. The van der Waals surface area contributed by atoms with Gasteiger partial charge in [0.25, 0.3) is 0 Å². The summed E-state index contributed by atoms with van der Waals surface area (Å²) < 4.78 is 23.0. The van der Waals surface area contributed by atoms with Crippen LogP contribution in [-0.2, 0) is 21.1 Å². The Labute approximate surface area is 138 Å². The first-order chi connectivity index (χ1) is 9.73. The maximum Gasteiger partial charge on any atom is 0.239 e. The molecular weight excluding hydrogens is 324 g/mol. The van der Waals surface area contributed by atoms with Gasteiger partial charge in [0.1, 0.15) is 0 Å². The van der Waals surface area contributed by atoms with Gasteiger partial charge in [-0.3, -0.25) is 4.79 Å². The van der Waals surface area contributed by atoms with E-state index in [0.717, 1.165) is 5.56 Å². The molecule has 0 unspecified atom stereocenters. The number of benzene rings is 1. The quantitative estimate of drug-likeness (QED) is 0.885. The van der Waals surface area contributed by atoms with Gasteiger partial charge in [0.05, 0.1) is 16.5 Å². The lowest BCUT2D eigenvalue weighted by molar-refractivity contribution is -0.132. The Morgan fingerprint density at radius 3 is 2.45 bits per heavy atom. The molecule has 2 N–H and O–H groups in total. The Morgan fingerprint density at radius 2 is 1.91 bits per heavy atom. The first kappa shape index (κ1) is 18.9. The van der Waals surface area contributed by atoms with Crippen molar-refractivity contribution in [1.82, 2.24) is 4.90 Å². The molecule has 1 aromatic carbocycles. The second-order valence-corrected chi connectivity index (χ2v) is 8.88. The molecule has 1 aromatic rings. The van der Waals surface area contributed by atoms with E-state index in [1.807, 2.05) is 30.3 Å². The van der Waals surface area contributed by atoms with Crippen LogP contribution in [0, 0.1) is 0 Å². The van der Waals surface area contributed by atoms with E-state index < -0.39 is 20.6 Å². The van der Waals surface area contributed by atoms with Crippen molar-refractivity contribution in [3.63, 3.8) is 0 Å². The molecule has 124 valence electrons. The third-order valence-corrected chi connectivity index (χ3v) is 6.50. The zero-order valence-electron chi connectivity index (χ0n) is 12.9. The lowest BCUT2D eigenvalue weighted by Crippen LogP contribution is -2.57. The number of hydrogen-bond donors (Lipinski definition) is 1. The molecule has 22 heavy (non-hydrogen) atoms. The normalized spacial score (nSPS) is 20.8. The summed E-state index contributed by atoms with van der Waals surface area (Å²) in [5, 5.41) is 0. The van der Waals surface area contributed by atoms with Gasteiger partial charge in [-0.15, -0.1) is 12.4 Å². The average Bonchev–Trinajstić information content (AvgIpc) is 2.42. The highest BCUT2D eigenvalue weighted by atomic mass is 35.5. The van der Waals surface area contributed by atoms with Crippen LogP contribution in [0.3, 0.4) is 0 Å². The molecule has 0 radical (unpaired) electrons. The van der Waals surface area contributed by atoms with Crippen LogP contribution in [0.15, 0.2) is 30.3 Å². The highest BCUT2D eigenvalue weighted by Gasteiger charge is 2.42. The number of nitrogens with two attached hydrogens (primary N) is 1. The molecule has 0 saturated carbocycles. The van der Waals surface area contributed by atoms with Gasteiger partial charge in [-0.05, 0) is 25.8 Å². The van der Waals surface area contributed by atoms with Crippen molar-refractivity contribution < 1.29 is 13.2 Å². The molecule has 0 aromatic heterocycles. The minimum Gasteiger partial charge on any atom is -0.339 e. The van der Waals surface area contributed by atoms with Crippen LogP contribution in [0.1, 0.15) is 19.4 Å². The van der Waals surface area contributed by atoms with E-state index in [0.29, 0.717) is 6.42 Å². The van der Waals surface area contributed by atoms with Gasteiger partial charge in [0, 0.05) is 13.1 Å². The van der Waals surface area contributed by atoms with Gasteiger partial charge in [-0.1, -0.05) is 30.3 Å². The van der Waals surface area contributed by atoms with Crippen LogP contribution in [0.2, 0.25) is 0 Å². The third-order valence-electron chi connectivity index (χ3n) is 3.97. The molecule has 1 fully saturated rings. The van der Waals surface area contributed by atoms with Crippen LogP contribution in [0.5, 0.6) is 0 Å². The fourth-order valence-electron chi connectivity index (χ4n) is 2.52. The molecule has 1 aliphatic rings.